The molecule has 240 valence electrons. The average Bonchev–Trinajstić information content (AvgIpc) is 3.10. The van der Waals surface area contributed by atoms with Crippen molar-refractivity contribution in [2.75, 3.05) is 12.0 Å². The number of amides is 3. The van der Waals surface area contributed by atoms with Crippen molar-refractivity contribution in [3.05, 3.63) is 136 Å². The smallest absolute Gasteiger partial charge is 0.337 e. The Morgan fingerprint density at radius 2 is 1.34 bits per heavy atom. The summed E-state index contributed by atoms with van der Waals surface area (Å²) in [7, 11) is 1.33. The van der Waals surface area contributed by atoms with Crippen LogP contribution in [-0.2, 0) is 34.0 Å². The number of esters is 1. The number of ether oxygens (including phenoxy) is 1. The summed E-state index contributed by atoms with van der Waals surface area (Å²) >= 11 is 0. The molecule has 0 saturated heterocycles. The van der Waals surface area contributed by atoms with E-state index in [1.165, 1.54) is 12.7 Å². The van der Waals surface area contributed by atoms with Crippen LogP contribution in [0, 0.1) is 0 Å². The number of methoxy groups -OCH3 is 1. The first-order chi connectivity index (χ1) is 22.8. The van der Waals surface area contributed by atoms with E-state index in [2.05, 4.69) is 35.8 Å². The van der Waals surface area contributed by atoms with Crippen LogP contribution in [0.3, 0.4) is 0 Å². The lowest BCUT2D eigenvalue weighted by Gasteiger charge is -2.28. The SMILES string of the molecule is COC(=O)c1ccc(CNC(=O)c2ccc(CNC(=O)CCCCC(=O)N3Cc4ccccc4C(C)=Cc4ccccc43)cc2)cc1. The van der Waals surface area contributed by atoms with Crippen LogP contribution in [0.25, 0.3) is 11.6 Å². The molecule has 8 nitrogen and oxygen atoms in total. The first kappa shape index (κ1) is 32.9. The minimum atomic E-state index is -0.408. The second kappa shape index (κ2) is 15.7. The van der Waals surface area contributed by atoms with Gasteiger partial charge in [-0.05, 0) is 89.6 Å². The minimum absolute atomic E-state index is 0.0428. The molecule has 0 bridgehead atoms. The van der Waals surface area contributed by atoms with Gasteiger partial charge >= 0.3 is 5.97 Å². The quantitative estimate of drug-likeness (QED) is 0.142. The van der Waals surface area contributed by atoms with E-state index in [0.29, 0.717) is 56.4 Å². The van der Waals surface area contributed by atoms with E-state index in [1.54, 1.807) is 36.4 Å². The normalized spacial score (nSPS) is 12.0. The van der Waals surface area contributed by atoms with Crippen LogP contribution < -0.4 is 15.5 Å². The predicted molar refractivity (Wildman–Crippen MR) is 183 cm³/mol. The van der Waals surface area contributed by atoms with Crippen molar-refractivity contribution in [1.82, 2.24) is 10.6 Å². The summed E-state index contributed by atoms with van der Waals surface area (Å²) in [6.45, 7) is 3.28. The molecule has 5 rings (SSSR count). The van der Waals surface area contributed by atoms with Crippen LogP contribution in [0.1, 0.15) is 81.1 Å². The van der Waals surface area contributed by atoms with Crippen molar-refractivity contribution in [3.63, 3.8) is 0 Å². The largest absolute Gasteiger partial charge is 0.465 e. The van der Waals surface area contributed by atoms with Gasteiger partial charge in [0.15, 0.2) is 0 Å². The van der Waals surface area contributed by atoms with Crippen molar-refractivity contribution in [3.8, 4) is 0 Å². The van der Waals surface area contributed by atoms with E-state index in [-0.39, 0.29) is 17.7 Å². The van der Waals surface area contributed by atoms with Gasteiger partial charge in [-0.2, -0.15) is 0 Å². The average molecular weight is 630 g/mol. The number of benzene rings is 4. The Hall–Kier alpha value is -5.50. The zero-order chi connectivity index (χ0) is 33.2. The number of fused-ring (bicyclic) bond motifs is 2. The zero-order valence-electron chi connectivity index (χ0n) is 26.8. The first-order valence-corrected chi connectivity index (χ1v) is 15.8. The van der Waals surface area contributed by atoms with Gasteiger partial charge in [-0.3, -0.25) is 14.4 Å². The van der Waals surface area contributed by atoms with Gasteiger partial charge in [0.05, 0.1) is 24.9 Å². The molecular formula is C39H39N3O5. The number of hydrogen-bond donors (Lipinski definition) is 2. The third-order valence-electron chi connectivity index (χ3n) is 8.25. The van der Waals surface area contributed by atoms with Gasteiger partial charge in [-0.25, -0.2) is 4.79 Å². The summed E-state index contributed by atoms with van der Waals surface area (Å²) < 4.78 is 4.70. The molecular weight excluding hydrogens is 590 g/mol. The number of carbonyl (C=O) groups excluding carboxylic acids is 4. The van der Waals surface area contributed by atoms with Crippen LogP contribution >= 0.6 is 0 Å². The molecule has 2 N–H and O–H groups in total. The summed E-state index contributed by atoms with van der Waals surface area (Å²) in [6.07, 6.45) is 4.04. The second-order valence-electron chi connectivity index (χ2n) is 11.6. The number of allylic oxidation sites excluding steroid dienone is 1. The Bertz CT molecular complexity index is 1780. The minimum Gasteiger partial charge on any atom is -0.465 e. The third kappa shape index (κ3) is 8.61. The zero-order valence-corrected chi connectivity index (χ0v) is 26.8. The molecule has 0 atom stereocenters. The third-order valence-corrected chi connectivity index (χ3v) is 8.25. The van der Waals surface area contributed by atoms with E-state index >= 15 is 0 Å². The highest BCUT2D eigenvalue weighted by molar-refractivity contribution is 5.98. The van der Waals surface area contributed by atoms with E-state index in [1.807, 2.05) is 53.4 Å². The second-order valence-corrected chi connectivity index (χ2v) is 11.6. The number of hydrogen-bond acceptors (Lipinski definition) is 5. The maximum atomic E-state index is 13.5. The van der Waals surface area contributed by atoms with Crippen molar-refractivity contribution < 1.29 is 23.9 Å². The van der Waals surface area contributed by atoms with Crippen LogP contribution in [0.5, 0.6) is 0 Å². The molecule has 0 radical (unpaired) electrons. The van der Waals surface area contributed by atoms with Gasteiger partial charge in [0, 0.05) is 31.5 Å². The molecule has 8 heteroatoms. The van der Waals surface area contributed by atoms with Crippen LogP contribution in [0.4, 0.5) is 5.69 Å². The molecule has 0 spiro atoms. The molecule has 1 aliphatic rings. The van der Waals surface area contributed by atoms with Crippen LogP contribution in [0.15, 0.2) is 97.1 Å². The van der Waals surface area contributed by atoms with Gasteiger partial charge in [-0.1, -0.05) is 66.7 Å². The highest BCUT2D eigenvalue weighted by Crippen LogP contribution is 2.32. The standard InChI is InChI=1S/C39H39N3O5/c1-27-23-32-9-4-6-12-35(32)42(26-33-10-3-5-11-34(27)33)37(44)14-8-7-13-36(43)40-24-28-15-19-30(20-16-28)38(45)41-25-29-17-21-31(22-18-29)39(46)47-2/h3-6,9-12,15-23H,7-8,13-14,24-26H2,1-2H3,(H,40,43)(H,41,45). The fourth-order valence-corrected chi connectivity index (χ4v) is 5.61. The molecule has 3 amide bonds. The lowest BCUT2D eigenvalue weighted by atomic mass is 9.95. The van der Waals surface area contributed by atoms with E-state index in [9.17, 15) is 19.2 Å². The van der Waals surface area contributed by atoms with Gasteiger partial charge in [0.25, 0.3) is 5.91 Å². The van der Waals surface area contributed by atoms with Gasteiger partial charge in [0.2, 0.25) is 11.8 Å². The lowest BCUT2D eigenvalue weighted by molar-refractivity contribution is -0.122. The highest BCUT2D eigenvalue weighted by atomic mass is 16.5. The summed E-state index contributed by atoms with van der Waals surface area (Å²) in [5, 5.41) is 5.80. The molecule has 4 aromatic carbocycles. The summed E-state index contributed by atoms with van der Waals surface area (Å²) in [6, 6.07) is 30.1. The van der Waals surface area contributed by atoms with Crippen molar-refractivity contribution in [2.45, 2.75) is 52.2 Å². The highest BCUT2D eigenvalue weighted by Gasteiger charge is 2.22. The fourth-order valence-electron chi connectivity index (χ4n) is 5.61. The number of anilines is 1. The maximum absolute atomic E-state index is 13.5. The Morgan fingerprint density at radius 1 is 0.723 bits per heavy atom. The molecule has 0 aromatic heterocycles. The monoisotopic (exact) mass is 629 g/mol. The number of rotatable bonds is 11. The Morgan fingerprint density at radius 3 is 2.06 bits per heavy atom. The predicted octanol–water partition coefficient (Wildman–Crippen LogP) is 6.69. The summed E-state index contributed by atoms with van der Waals surface area (Å²) in [5.41, 5.74) is 8.04. The first-order valence-electron chi connectivity index (χ1n) is 15.8. The number of nitrogens with one attached hydrogen (secondary N) is 2. The number of para-hydroxylation sites is 1. The Labute approximate surface area is 275 Å². The number of unbranched alkanes of at least 4 members (excludes halogenated alkanes) is 1. The molecule has 47 heavy (non-hydrogen) atoms. The summed E-state index contributed by atoms with van der Waals surface area (Å²) in [4.78, 5) is 52.0. The maximum Gasteiger partial charge on any atom is 0.337 e. The topological polar surface area (TPSA) is 105 Å². The molecule has 1 heterocycles. The number of carbonyl (C=O) groups is 4. The molecule has 1 aliphatic heterocycles. The molecule has 0 saturated carbocycles. The number of nitrogens with zero attached hydrogens (tertiary/aromatic N) is 1. The van der Waals surface area contributed by atoms with E-state index < -0.39 is 5.97 Å². The van der Waals surface area contributed by atoms with E-state index in [0.717, 1.165) is 33.5 Å². The molecule has 0 fully saturated rings. The van der Waals surface area contributed by atoms with Crippen molar-refractivity contribution >= 4 is 41.0 Å². The Balaban J connectivity index is 1.05. The van der Waals surface area contributed by atoms with E-state index in [4.69, 9.17) is 4.74 Å². The molecule has 4 aromatic rings. The van der Waals surface area contributed by atoms with Gasteiger partial charge in [0.1, 0.15) is 0 Å². The van der Waals surface area contributed by atoms with Crippen molar-refractivity contribution in [2.24, 2.45) is 0 Å². The lowest BCUT2D eigenvalue weighted by Crippen LogP contribution is -2.31. The molecule has 0 unspecified atom stereocenters. The Kier molecular flexibility index (Phi) is 11.0. The van der Waals surface area contributed by atoms with Gasteiger partial charge in [-0.15, -0.1) is 0 Å². The van der Waals surface area contributed by atoms with Crippen LogP contribution in [-0.4, -0.2) is 30.8 Å². The molecule has 0 aliphatic carbocycles. The fraction of sp³-hybridized carbons (Fsp3) is 0.231. The van der Waals surface area contributed by atoms with Crippen LogP contribution in [0.2, 0.25) is 0 Å². The van der Waals surface area contributed by atoms with Crippen molar-refractivity contribution in [1.29, 1.82) is 0 Å². The van der Waals surface area contributed by atoms with Gasteiger partial charge < -0.3 is 20.3 Å². The summed E-state index contributed by atoms with van der Waals surface area (Å²) in [5.74, 6) is -0.665.